The summed E-state index contributed by atoms with van der Waals surface area (Å²) in [6.45, 7) is 4.68. The minimum absolute atomic E-state index is 0.0835. The van der Waals surface area contributed by atoms with E-state index in [1.54, 1.807) is 48.5 Å². The fraction of sp³-hybridized carbons (Fsp3) is 0.320. The van der Waals surface area contributed by atoms with Crippen LogP contribution in [-0.4, -0.2) is 24.3 Å². The van der Waals surface area contributed by atoms with Crippen LogP contribution >= 0.6 is 0 Å². The van der Waals surface area contributed by atoms with Crippen molar-refractivity contribution in [2.75, 3.05) is 11.9 Å². The first-order chi connectivity index (χ1) is 15.0. The molecule has 0 fully saturated rings. The van der Waals surface area contributed by atoms with E-state index in [2.05, 4.69) is 19.2 Å². The van der Waals surface area contributed by atoms with Crippen LogP contribution in [0.4, 0.5) is 5.69 Å². The molecule has 0 aromatic heterocycles. The molecule has 0 bridgehead atoms. The average Bonchev–Trinajstić information content (AvgIpc) is 2.79. The van der Waals surface area contributed by atoms with E-state index < -0.39 is 11.8 Å². The molecular weight excluding hydrogens is 394 g/mol. The van der Waals surface area contributed by atoms with Crippen molar-refractivity contribution in [2.24, 2.45) is 5.92 Å². The summed E-state index contributed by atoms with van der Waals surface area (Å²) in [6, 6.07) is 13.3. The molecule has 0 aliphatic carbocycles. The molecule has 1 heterocycles. The van der Waals surface area contributed by atoms with Gasteiger partial charge in [0, 0.05) is 11.9 Å². The van der Waals surface area contributed by atoms with Crippen LogP contribution < -0.4 is 10.1 Å². The lowest BCUT2D eigenvalue weighted by Gasteiger charge is -2.16. The van der Waals surface area contributed by atoms with E-state index in [0.29, 0.717) is 29.3 Å². The summed E-state index contributed by atoms with van der Waals surface area (Å²) < 4.78 is 10.7. The van der Waals surface area contributed by atoms with Gasteiger partial charge in [-0.05, 0) is 48.7 Å². The number of anilines is 1. The largest absolute Gasteiger partial charge is 0.462 e. The van der Waals surface area contributed by atoms with Crippen LogP contribution in [0.15, 0.2) is 60.3 Å². The molecule has 3 rings (SSSR count). The number of benzene rings is 2. The number of ketones is 1. The second kappa shape index (κ2) is 10.6. The van der Waals surface area contributed by atoms with Gasteiger partial charge in [-0.15, -0.1) is 0 Å². The highest BCUT2D eigenvalue weighted by Gasteiger charge is 2.30. The number of para-hydroxylation sites is 1. The number of unbranched alkanes of at least 4 members (excludes halogenated alkanes) is 1. The van der Waals surface area contributed by atoms with Crippen molar-refractivity contribution in [3.05, 3.63) is 71.4 Å². The fourth-order valence-corrected chi connectivity index (χ4v) is 3.29. The molecule has 1 aliphatic heterocycles. The van der Waals surface area contributed by atoms with Gasteiger partial charge in [0.15, 0.2) is 0 Å². The van der Waals surface area contributed by atoms with Crippen LogP contribution in [0.1, 0.15) is 60.2 Å². The molecule has 1 unspecified atom stereocenters. The van der Waals surface area contributed by atoms with Crippen molar-refractivity contribution in [3.8, 4) is 5.75 Å². The van der Waals surface area contributed by atoms with E-state index in [4.69, 9.17) is 9.47 Å². The molecule has 162 valence electrons. The third-order valence-electron chi connectivity index (χ3n) is 5.30. The van der Waals surface area contributed by atoms with Crippen molar-refractivity contribution in [1.29, 1.82) is 0 Å². The average molecular weight is 421 g/mol. The van der Waals surface area contributed by atoms with Gasteiger partial charge >= 0.3 is 11.9 Å². The Labute approximate surface area is 182 Å². The van der Waals surface area contributed by atoms with Crippen molar-refractivity contribution in [1.82, 2.24) is 0 Å². The molecule has 0 spiro atoms. The molecule has 6 nitrogen and oxygen atoms in total. The minimum Gasteiger partial charge on any atom is -0.462 e. The summed E-state index contributed by atoms with van der Waals surface area (Å²) >= 11 is 0. The van der Waals surface area contributed by atoms with Crippen LogP contribution in [0.5, 0.6) is 5.75 Å². The van der Waals surface area contributed by atoms with E-state index in [0.717, 1.165) is 25.7 Å². The van der Waals surface area contributed by atoms with Gasteiger partial charge in [-0.3, -0.25) is 4.79 Å². The normalized spacial score (nSPS) is 15.2. The Bertz CT molecular complexity index is 978. The van der Waals surface area contributed by atoms with Crippen LogP contribution in [0, 0.1) is 5.92 Å². The lowest BCUT2D eigenvalue weighted by molar-refractivity contribution is -0.130. The Balaban J connectivity index is 1.60. The number of rotatable bonds is 9. The van der Waals surface area contributed by atoms with E-state index >= 15 is 0 Å². The zero-order valence-electron chi connectivity index (χ0n) is 17.9. The molecule has 1 atom stereocenters. The molecule has 1 aliphatic rings. The van der Waals surface area contributed by atoms with Gasteiger partial charge in [0.25, 0.3) is 0 Å². The molecule has 2 aromatic carbocycles. The van der Waals surface area contributed by atoms with E-state index in [1.807, 2.05) is 0 Å². The molecule has 6 heteroatoms. The fourth-order valence-electron chi connectivity index (χ4n) is 3.29. The highest BCUT2D eigenvalue weighted by Crippen LogP contribution is 2.27. The second-order valence-corrected chi connectivity index (χ2v) is 7.51. The summed E-state index contributed by atoms with van der Waals surface area (Å²) in [7, 11) is 0. The van der Waals surface area contributed by atoms with Crippen molar-refractivity contribution >= 4 is 23.4 Å². The first-order valence-electron chi connectivity index (χ1n) is 10.6. The molecule has 0 amide bonds. The monoisotopic (exact) mass is 421 g/mol. The smallest absolute Gasteiger partial charge is 0.349 e. The van der Waals surface area contributed by atoms with Gasteiger partial charge in [-0.1, -0.05) is 45.2 Å². The molecular formula is C25H27NO5. The standard InChI is InChI=1S/C25H27NO5/c1-3-5-8-17(4-2)16-30-24(28)18-11-13-19(14-12-18)26-15-21-23(27)20-9-6-7-10-22(20)31-25(21)29/h6-7,9-15,17,26H,3-5,8,16H2,1-2H3. The Morgan fingerprint density at radius 2 is 1.84 bits per heavy atom. The summed E-state index contributed by atoms with van der Waals surface area (Å²) in [5.74, 6) is -0.813. The Hall–Kier alpha value is -3.41. The predicted octanol–water partition coefficient (Wildman–Crippen LogP) is 5.16. The highest BCUT2D eigenvalue weighted by molar-refractivity contribution is 6.27. The molecule has 1 N–H and O–H groups in total. The highest BCUT2D eigenvalue weighted by atomic mass is 16.5. The third-order valence-corrected chi connectivity index (χ3v) is 5.30. The number of hydrogen-bond donors (Lipinski definition) is 1. The lowest BCUT2D eigenvalue weighted by atomic mass is 10.0. The zero-order valence-corrected chi connectivity index (χ0v) is 17.9. The number of carbonyl (C=O) groups excluding carboxylic acids is 3. The van der Waals surface area contributed by atoms with Gasteiger partial charge in [0.2, 0.25) is 5.78 Å². The van der Waals surface area contributed by atoms with Gasteiger partial charge in [0.05, 0.1) is 17.7 Å². The summed E-state index contributed by atoms with van der Waals surface area (Å²) in [5.41, 5.74) is 1.33. The summed E-state index contributed by atoms with van der Waals surface area (Å²) in [6.07, 6.45) is 5.63. The zero-order chi connectivity index (χ0) is 22.2. The number of carbonyl (C=O) groups is 3. The topological polar surface area (TPSA) is 81.7 Å². The maximum absolute atomic E-state index is 12.5. The first-order valence-corrected chi connectivity index (χ1v) is 10.6. The van der Waals surface area contributed by atoms with Crippen LogP contribution in [-0.2, 0) is 9.53 Å². The molecule has 0 saturated carbocycles. The second-order valence-electron chi connectivity index (χ2n) is 7.51. The van der Waals surface area contributed by atoms with E-state index in [-0.39, 0.29) is 17.3 Å². The number of nitrogens with one attached hydrogen (secondary N) is 1. The minimum atomic E-state index is -0.704. The van der Waals surface area contributed by atoms with Gasteiger partial charge in [-0.2, -0.15) is 0 Å². The van der Waals surface area contributed by atoms with Crippen molar-refractivity contribution in [3.63, 3.8) is 0 Å². The maximum atomic E-state index is 12.5. The first kappa shape index (κ1) is 22.3. The molecule has 2 aromatic rings. The number of Topliss-reactive ketones (excluding diaryl/α,β-unsaturated/α-hetero) is 1. The van der Waals surface area contributed by atoms with Crippen molar-refractivity contribution < 1.29 is 23.9 Å². The number of hydrogen-bond acceptors (Lipinski definition) is 6. The Morgan fingerprint density at radius 3 is 2.55 bits per heavy atom. The molecule has 0 saturated heterocycles. The van der Waals surface area contributed by atoms with Gasteiger partial charge in [-0.25, -0.2) is 9.59 Å². The summed E-state index contributed by atoms with van der Waals surface area (Å²) in [5, 5.41) is 2.92. The lowest BCUT2D eigenvalue weighted by Crippen LogP contribution is -2.25. The SMILES string of the molecule is CCCCC(CC)COC(=O)c1ccc(NC=C2C(=O)Oc3ccccc3C2=O)cc1. The van der Waals surface area contributed by atoms with E-state index in [9.17, 15) is 14.4 Å². The number of ether oxygens (including phenoxy) is 2. The number of esters is 2. The Morgan fingerprint density at radius 1 is 1.10 bits per heavy atom. The number of fused-ring (bicyclic) bond motifs is 1. The van der Waals surface area contributed by atoms with E-state index in [1.165, 1.54) is 6.20 Å². The van der Waals surface area contributed by atoms with Crippen LogP contribution in [0.25, 0.3) is 0 Å². The molecule has 31 heavy (non-hydrogen) atoms. The quantitative estimate of drug-likeness (QED) is 0.261. The van der Waals surface area contributed by atoms with Gasteiger partial charge in [0.1, 0.15) is 11.3 Å². The summed E-state index contributed by atoms with van der Waals surface area (Å²) in [4.78, 5) is 37.0. The van der Waals surface area contributed by atoms with Crippen LogP contribution in [0.3, 0.4) is 0 Å². The molecule has 0 radical (unpaired) electrons. The third kappa shape index (κ3) is 5.60. The predicted molar refractivity (Wildman–Crippen MR) is 118 cm³/mol. The maximum Gasteiger partial charge on any atom is 0.349 e. The van der Waals surface area contributed by atoms with Crippen molar-refractivity contribution in [2.45, 2.75) is 39.5 Å². The van der Waals surface area contributed by atoms with Gasteiger partial charge < -0.3 is 14.8 Å². The van der Waals surface area contributed by atoms with Crippen LogP contribution in [0.2, 0.25) is 0 Å². The Kier molecular flexibility index (Phi) is 7.60.